The van der Waals surface area contributed by atoms with Crippen LogP contribution in [0.4, 0.5) is 0 Å². The third-order valence-electron chi connectivity index (χ3n) is 5.33. The molecule has 6 nitrogen and oxygen atoms in total. The number of rotatable bonds is 6. The number of carbonyl (C=O) groups is 2. The quantitative estimate of drug-likeness (QED) is 0.660. The summed E-state index contributed by atoms with van der Waals surface area (Å²) in [5.74, 6) is 1.81. The molecule has 0 aromatic heterocycles. The number of amides is 2. The summed E-state index contributed by atoms with van der Waals surface area (Å²) in [4.78, 5) is 29.4. The van der Waals surface area contributed by atoms with Crippen LogP contribution in [0, 0.1) is 5.92 Å². The van der Waals surface area contributed by atoms with Gasteiger partial charge < -0.3 is 20.4 Å². The van der Waals surface area contributed by atoms with Gasteiger partial charge >= 0.3 is 0 Å². The number of hydrogen-bond donors (Lipinski definition) is 2. The van der Waals surface area contributed by atoms with Gasteiger partial charge in [0.1, 0.15) is 6.04 Å². The summed E-state index contributed by atoms with van der Waals surface area (Å²) >= 11 is 1.70. The molecule has 25 heavy (non-hydrogen) atoms. The van der Waals surface area contributed by atoms with Crippen molar-refractivity contribution in [3.63, 3.8) is 0 Å². The van der Waals surface area contributed by atoms with Gasteiger partial charge in [-0.25, -0.2) is 0 Å². The van der Waals surface area contributed by atoms with E-state index >= 15 is 0 Å². The number of thioether (sulfide) groups is 1. The van der Waals surface area contributed by atoms with E-state index in [-0.39, 0.29) is 36.2 Å². The van der Waals surface area contributed by atoms with Crippen LogP contribution in [0.2, 0.25) is 0 Å². The number of nitrogens with zero attached hydrogens (tertiary/aromatic N) is 2. The smallest absolute Gasteiger partial charge is 0.243 e. The van der Waals surface area contributed by atoms with E-state index in [9.17, 15) is 9.59 Å². The molecule has 0 aromatic carbocycles. The van der Waals surface area contributed by atoms with Crippen molar-refractivity contribution >= 4 is 36.0 Å². The Labute approximate surface area is 161 Å². The first kappa shape index (κ1) is 20.8. The molecule has 3 aliphatic rings. The molecule has 2 amide bonds. The predicted molar refractivity (Wildman–Crippen MR) is 104 cm³/mol. The fourth-order valence-electron chi connectivity index (χ4n) is 3.85. The topological polar surface area (TPSA) is 64.7 Å². The molecule has 3 rings (SSSR count). The summed E-state index contributed by atoms with van der Waals surface area (Å²) < 4.78 is 0. The van der Waals surface area contributed by atoms with Crippen LogP contribution < -0.4 is 10.6 Å². The molecule has 1 unspecified atom stereocenters. The second kappa shape index (κ2) is 10.6. The van der Waals surface area contributed by atoms with Crippen molar-refractivity contribution in [3.8, 4) is 0 Å². The van der Waals surface area contributed by atoms with E-state index in [0.29, 0.717) is 12.4 Å². The molecule has 144 valence electrons. The summed E-state index contributed by atoms with van der Waals surface area (Å²) in [6.45, 7) is 6.04. The van der Waals surface area contributed by atoms with Crippen molar-refractivity contribution in [3.05, 3.63) is 0 Å². The van der Waals surface area contributed by atoms with Crippen LogP contribution >= 0.6 is 24.2 Å². The van der Waals surface area contributed by atoms with Crippen LogP contribution in [0.15, 0.2) is 0 Å². The number of carbonyl (C=O) groups excluding carboxylic acids is 2. The van der Waals surface area contributed by atoms with Crippen molar-refractivity contribution in [1.29, 1.82) is 0 Å². The Morgan fingerprint density at radius 1 is 1.16 bits per heavy atom. The predicted octanol–water partition coefficient (Wildman–Crippen LogP) is 0.911. The lowest BCUT2D eigenvalue weighted by Gasteiger charge is -2.27. The summed E-state index contributed by atoms with van der Waals surface area (Å²) in [6, 6.07) is -0.262. The monoisotopic (exact) mass is 390 g/mol. The van der Waals surface area contributed by atoms with Gasteiger partial charge in [0.25, 0.3) is 0 Å². The molecule has 0 spiro atoms. The third-order valence-corrected chi connectivity index (χ3v) is 6.34. The third kappa shape index (κ3) is 5.74. The van der Waals surface area contributed by atoms with Gasteiger partial charge in [0, 0.05) is 44.4 Å². The highest BCUT2D eigenvalue weighted by molar-refractivity contribution is 7.99. The number of nitrogens with one attached hydrogen (secondary N) is 2. The molecule has 1 atom stereocenters. The first-order valence-electron chi connectivity index (χ1n) is 9.35. The molecule has 3 fully saturated rings. The first-order valence-corrected chi connectivity index (χ1v) is 10.5. The summed E-state index contributed by atoms with van der Waals surface area (Å²) in [5, 5.41) is 6.40. The first-order chi connectivity index (χ1) is 11.8. The van der Waals surface area contributed by atoms with Crippen LogP contribution in [0.1, 0.15) is 32.1 Å². The second-order valence-corrected chi connectivity index (χ2v) is 8.04. The second-order valence-electron chi connectivity index (χ2n) is 7.04. The minimum atomic E-state index is -0.262. The minimum Gasteiger partial charge on any atom is -0.354 e. The molecule has 2 saturated heterocycles. The fraction of sp³-hybridized carbons (Fsp3) is 0.882. The van der Waals surface area contributed by atoms with Crippen LogP contribution in [0.5, 0.6) is 0 Å². The standard InChI is InChI=1S/C17H30N4O2S.ClH/c22-16(19-6-3-9-20-10-7-18-8-11-20)15-12-24-13-21(15)17(23)14-4-1-2-5-14;/h14-15,18H,1-13H2,(H,19,22);1H. The zero-order valence-electron chi connectivity index (χ0n) is 14.9. The largest absolute Gasteiger partial charge is 0.354 e. The van der Waals surface area contributed by atoms with E-state index < -0.39 is 0 Å². The van der Waals surface area contributed by atoms with E-state index in [2.05, 4.69) is 15.5 Å². The molecule has 2 N–H and O–H groups in total. The summed E-state index contributed by atoms with van der Waals surface area (Å²) in [6.07, 6.45) is 5.28. The molecule has 0 aromatic rings. The van der Waals surface area contributed by atoms with Crippen LogP contribution in [-0.2, 0) is 9.59 Å². The highest BCUT2D eigenvalue weighted by Gasteiger charge is 2.38. The van der Waals surface area contributed by atoms with E-state index in [1.165, 1.54) is 0 Å². The molecule has 2 aliphatic heterocycles. The Balaban J connectivity index is 0.00000225. The molecule has 1 saturated carbocycles. The molecule has 0 bridgehead atoms. The number of halogens is 1. The van der Waals surface area contributed by atoms with Gasteiger partial charge in [0.05, 0.1) is 5.88 Å². The van der Waals surface area contributed by atoms with Gasteiger partial charge in [-0.2, -0.15) is 0 Å². The minimum absolute atomic E-state index is 0. The Morgan fingerprint density at radius 2 is 1.88 bits per heavy atom. The maximum atomic E-state index is 12.6. The van der Waals surface area contributed by atoms with E-state index in [4.69, 9.17) is 0 Å². The van der Waals surface area contributed by atoms with Gasteiger partial charge in [-0.05, 0) is 25.8 Å². The molecule has 2 heterocycles. The van der Waals surface area contributed by atoms with Crippen LogP contribution in [-0.4, -0.2) is 78.6 Å². The molecule has 1 aliphatic carbocycles. The van der Waals surface area contributed by atoms with Crippen LogP contribution in [0.3, 0.4) is 0 Å². The van der Waals surface area contributed by atoms with Crippen LogP contribution in [0.25, 0.3) is 0 Å². The zero-order valence-corrected chi connectivity index (χ0v) is 16.5. The van der Waals surface area contributed by atoms with Crippen molar-refractivity contribution < 1.29 is 9.59 Å². The highest BCUT2D eigenvalue weighted by Crippen LogP contribution is 2.30. The van der Waals surface area contributed by atoms with E-state index in [0.717, 1.165) is 70.6 Å². The maximum absolute atomic E-state index is 12.6. The van der Waals surface area contributed by atoms with Gasteiger partial charge in [-0.3, -0.25) is 9.59 Å². The Bertz CT molecular complexity index is 442. The molecule has 8 heteroatoms. The zero-order chi connectivity index (χ0) is 16.8. The van der Waals surface area contributed by atoms with Crippen molar-refractivity contribution in [2.45, 2.75) is 38.1 Å². The average Bonchev–Trinajstić information content (AvgIpc) is 3.30. The van der Waals surface area contributed by atoms with Crippen molar-refractivity contribution in [2.24, 2.45) is 5.92 Å². The molecular weight excluding hydrogens is 360 g/mol. The Kier molecular flexibility index (Phi) is 8.82. The fourth-order valence-corrected chi connectivity index (χ4v) is 5.02. The van der Waals surface area contributed by atoms with Crippen molar-refractivity contribution in [1.82, 2.24) is 20.4 Å². The normalized spacial score (nSPS) is 25.0. The van der Waals surface area contributed by atoms with Gasteiger partial charge in [-0.15, -0.1) is 24.2 Å². The SMILES string of the molecule is Cl.O=C(NCCCN1CCNCC1)C1CSCN1C(=O)C1CCCC1. The summed E-state index contributed by atoms with van der Waals surface area (Å²) in [7, 11) is 0. The number of piperazine rings is 1. The Hall–Kier alpha value is -0.500. The van der Waals surface area contributed by atoms with Gasteiger partial charge in [0.2, 0.25) is 11.8 Å². The van der Waals surface area contributed by atoms with E-state index in [1.807, 2.05) is 4.90 Å². The lowest BCUT2D eigenvalue weighted by Crippen LogP contribution is -2.49. The van der Waals surface area contributed by atoms with Gasteiger partial charge in [-0.1, -0.05) is 12.8 Å². The molecule has 0 radical (unpaired) electrons. The molecular formula is C17H31ClN4O2S. The number of hydrogen-bond acceptors (Lipinski definition) is 5. The van der Waals surface area contributed by atoms with E-state index in [1.54, 1.807) is 11.8 Å². The van der Waals surface area contributed by atoms with Gasteiger partial charge in [0.15, 0.2) is 0 Å². The lowest BCUT2D eigenvalue weighted by molar-refractivity contribution is -0.141. The average molecular weight is 391 g/mol. The lowest BCUT2D eigenvalue weighted by atomic mass is 10.1. The maximum Gasteiger partial charge on any atom is 0.243 e. The highest BCUT2D eigenvalue weighted by atomic mass is 35.5. The van der Waals surface area contributed by atoms with Crippen molar-refractivity contribution in [2.75, 3.05) is 50.9 Å². The summed E-state index contributed by atoms with van der Waals surface area (Å²) in [5.41, 5.74) is 0. The Morgan fingerprint density at radius 3 is 2.60 bits per heavy atom.